The number of aryl methyl sites for hydroxylation is 1. The summed E-state index contributed by atoms with van der Waals surface area (Å²) in [6.07, 6.45) is 1.71. The third-order valence-corrected chi connectivity index (χ3v) is 3.79. The normalized spacial score (nSPS) is 17.1. The van der Waals surface area contributed by atoms with Gasteiger partial charge in [0.05, 0.1) is 11.9 Å². The van der Waals surface area contributed by atoms with E-state index in [1.54, 1.807) is 19.3 Å². The van der Waals surface area contributed by atoms with Crippen molar-refractivity contribution in [2.24, 2.45) is 5.41 Å². The van der Waals surface area contributed by atoms with Crippen LogP contribution in [-0.2, 0) is 6.54 Å². The van der Waals surface area contributed by atoms with Gasteiger partial charge in [-0.25, -0.2) is 8.78 Å². The molecular weight excluding hydrogens is 252 g/mol. The number of alkyl halides is 2. The molecule has 2 aromatic heterocycles. The fourth-order valence-electron chi connectivity index (χ4n) is 2.31. The van der Waals surface area contributed by atoms with Crippen LogP contribution in [0.15, 0.2) is 23.3 Å². The second kappa shape index (κ2) is 4.08. The van der Waals surface area contributed by atoms with E-state index in [0.717, 1.165) is 10.8 Å². The molecule has 0 saturated heterocycles. The van der Waals surface area contributed by atoms with Crippen molar-refractivity contribution in [3.8, 4) is 0 Å². The van der Waals surface area contributed by atoms with Gasteiger partial charge in [-0.05, 0) is 19.8 Å². The molecule has 0 atom stereocenters. The van der Waals surface area contributed by atoms with Crippen LogP contribution in [0.2, 0.25) is 0 Å². The number of nitrogens with zero attached hydrogens (tertiary/aromatic N) is 3. The van der Waals surface area contributed by atoms with Gasteiger partial charge in [-0.1, -0.05) is 0 Å². The van der Waals surface area contributed by atoms with Gasteiger partial charge in [0.25, 0.3) is 5.56 Å². The van der Waals surface area contributed by atoms with Crippen molar-refractivity contribution in [3.63, 3.8) is 0 Å². The molecule has 1 aliphatic rings. The van der Waals surface area contributed by atoms with Crippen LogP contribution in [0.4, 0.5) is 8.78 Å². The monoisotopic (exact) mass is 265 g/mol. The molecule has 0 bridgehead atoms. The zero-order valence-corrected chi connectivity index (χ0v) is 10.4. The van der Waals surface area contributed by atoms with Gasteiger partial charge in [-0.2, -0.15) is 10.2 Å². The fraction of sp³-hybridized carbons (Fsp3) is 0.462. The summed E-state index contributed by atoms with van der Waals surface area (Å²) in [5.41, 5.74) is -0.611. The lowest BCUT2D eigenvalue weighted by molar-refractivity contribution is 0.0507. The summed E-state index contributed by atoms with van der Waals surface area (Å²) in [7, 11) is 0. The first-order valence-electron chi connectivity index (χ1n) is 6.12. The summed E-state index contributed by atoms with van der Waals surface area (Å²) in [6.45, 7) is 1.83. The Bertz CT molecular complexity index is 692. The summed E-state index contributed by atoms with van der Waals surface area (Å²) < 4.78 is 27.2. The van der Waals surface area contributed by atoms with E-state index >= 15 is 0 Å². The van der Waals surface area contributed by atoms with Gasteiger partial charge in [0, 0.05) is 35.0 Å². The van der Waals surface area contributed by atoms with Crippen LogP contribution >= 0.6 is 0 Å². The Morgan fingerprint density at radius 1 is 1.47 bits per heavy atom. The molecule has 1 saturated carbocycles. The predicted octanol–water partition coefficient (Wildman–Crippen LogP) is 2.15. The summed E-state index contributed by atoms with van der Waals surface area (Å²) in [5, 5.41) is 9.16. The van der Waals surface area contributed by atoms with E-state index < -0.39 is 11.8 Å². The van der Waals surface area contributed by atoms with Crippen LogP contribution < -0.4 is 5.56 Å². The van der Waals surface area contributed by atoms with E-state index in [1.807, 2.05) is 0 Å². The maximum Gasteiger partial charge on any atom is 0.251 e. The second-order valence-corrected chi connectivity index (χ2v) is 5.20. The summed E-state index contributed by atoms with van der Waals surface area (Å²) in [4.78, 5) is 12.0. The first-order valence-corrected chi connectivity index (χ1v) is 6.12. The van der Waals surface area contributed by atoms with Crippen LogP contribution in [0.1, 0.15) is 18.5 Å². The highest BCUT2D eigenvalue weighted by molar-refractivity contribution is 5.82. The second-order valence-electron chi connectivity index (χ2n) is 5.20. The number of fused-ring (bicyclic) bond motifs is 1. The third kappa shape index (κ3) is 2.01. The number of halogens is 2. The van der Waals surface area contributed by atoms with Crippen LogP contribution in [0.25, 0.3) is 10.8 Å². The molecule has 2 heterocycles. The SMILES string of the molecule is Cc1nncc2cn(CC3(C(F)F)CC3)c(=O)cc12. The smallest absolute Gasteiger partial charge is 0.251 e. The summed E-state index contributed by atoms with van der Waals surface area (Å²) in [5.74, 6) is 0. The standard InChI is InChI=1S/C13H13F2N3O/c1-8-10-4-11(19)18(6-9(10)5-16-17-8)7-13(2-3-13)12(14)15/h4-6,12H,2-3,7H2,1H3. The van der Waals surface area contributed by atoms with Gasteiger partial charge < -0.3 is 4.57 Å². The maximum atomic E-state index is 12.9. The summed E-state index contributed by atoms with van der Waals surface area (Å²) >= 11 is 0. The highest BCUT2D eigenvalue weighted by Gasteiger charge is 2.51. The molecule has 0 N–H and O–H groups in total. The minimum atomic E-state index is -2.38. The van der Waals surface area contributed by atoms with Crippen LogP contribution in [-0.4, -0.2) is 21.2 Å². The summed E-state index contributed by atoms with van der Waals surface area (Å²) in [6, 6.07) is 1.45. The maximum absolute atomic E-state index is 12.9. The molecule has 0 aromatic carbocycles. The van der Waals surface area contributed by atoms with E-state index in [4.69, 9.17) is 0 Å². The molecule has 0 unspecified atom stereocenters. The van der Waals surface area contributed by atoms with E-state index in [9.17, 15) is 13.6 Å². The molecule has 3 rings (SSSR count). The number of pyridine rings is 1. The van der Waals surface area contributed by atoms with Crippen molar-refractivity contribution >= 4 is 10.8 Å². The first-order chi connectivity index (χ1) is 9.02. The number of rotatable bonds is 3. The highest BCUT2D eigenvalue weighted by atomic mass is 19.3. The van der Waals surface area contributed by atoms with Gasteiger partial charge in [0.15, 0.2) is 0 Å². The third-order valence-electron chi connectivity index (χ3n) is 3.79. The average molecular weight is 265 g/mol. The Balaban J connectivity index is 2.06. The van der Waals surface area contributed by atoms with Crippen molar-refractivity contribution in [2.75, 3.05) is 0 Å². The molecule has 0 spiro atoms. The molecule has 1 fully saturated rings. The molecule has 19 heavy (non-hydrogen) atoms. The molecule has 2 aromatic rings. The number of hydrogen-bond acceptors (Lipinski definition) is 3. The molecule has 0 amide bonds. The van der Waals surface area contributed by atoms with Crippen LogP contribution in [0.5, 0.6) is 0 Å². The highest BCUT2D eigenvalue weighted by Crippen LogP contribution is 2.51. The largest absolute Gasteiger partial charge is 0.314 e. The minimum Gasteiger partial charge on any atom is -0.314 e. The van der Waals surface area contributed by atoms with E-state index in [1.165, 1.54) is 10.6 Å². The van der Waals surface area contributed by atoms with Gasteiger partial charge in [-0.15, -0.1) is 0 Å². The van der Waals surface area contributed by atoms with Crippen molar-refractivity contribution in [1.82, 2.24) is 14.8 Å². The van der Waals surface area contributed by atoms with Crippen LogP contribution in [0, 0.1) is 12.3 Å². The molecular formula is C13H13F2N3O. The zero-order valence-electron chi connectivity index (χ0n) is 10.4. The fourth-order valence-corrected chi connectivity index (χ4v) is 2.31. The molecule has 4 nitrogen and oxygen atoms in total. The predicted molar refractivity (Wildman–Crippen MR) is 66.2 cm³/mol. The molecule has 0 aliphatic heterocycles. The lowest BCUT2D eigenvalue weighted by Gasteiger charge is -2.16. The minimum absolute atomic E-state index is 0.0702. The lowest BCUT2D eigenvalue weighted by Crippen LogP contribution is -2.27. The van der Waals surface area contributed by atoms with Gasteiger partial charge in [-0.3, -0.25) is 4.79 Å². The Hall–Kier alpha value is -1.85. The average Bonchev–Trinajstić information content (AvgIpc) is 3.13. The first kappa shape index (κ1) is 12.2. The molecule has 1 aliphatic carbocycles. The van der Waals surface area contributed by atoms with Gasteiger partial charge >= 0.3 is 0 Å². The Labute approximate surface area is 108 Å². The molecule has 6 heteroatoms. The van der Waals surface area contributed by atoms with Gasteiger partial charge in [0.1, 0.15) is 0 Å². The zero-order chi connectivity index (χ0) is 13.6. The van der Waals surface area contributed by atoms with Gasteiger partial charge in [0.2, 0.25) is 6.43 Å². The van der Waals surface area contributed by atoms with Crippen molar-refractivity contribution in [2.45, 2.75) is 32.7 Å². The quantitative estimate of drug-likeness (QED) is 0.854. The molecule has 100 valence electrons. The van der Waals surface area contributed by atoms with E-state index in [-0.39, 0.29) is 12.1 Å². The Morgan fingerprint density at radius 2 is 2.21 bits per heavy atom. The van der Waals surface area contributed by atoms with E-state index in [2.05, 4.69) is 10.2 Å². The Morgan fingerprint density at radius 3 is 2.84 bits per heavy atom. The van der Waals surface area contributed by atoms with E-state index in [0.29, 0.717) is 18.5 Å². The van der Waals surface area contributed by atoms with Crippen molar-refractivity contribution < 1.29 is 8.78 Å². The topological polar surface area (TPSA) is 47.8 Å². The van der Waals surface area contributed by atoms with Crippen LogP contribution in [0.3, 0.4) is 0 Å². The number of aromatic nitrogens is 3. The Kier molecular flexibility index (Phi) is 2.62. The van der Waals surface area contributed by atoms with Crippen molar-refractivity contribution in [1.29, 1.82) is 0 Å². The molecule has 0 radical (unpaired) electrons. The lowest BCUT2D eigenvalue weighted by atomic mass is 10.1. The number of hydrogen-bond donors (Lipinski definition) is 0. The van der Waals surface area contributed by atoms with Crippen molar-refractivity contribution in [3.05, 3.63) is 34.5 Å².